The molecule has 1 spiro atoms. The van der Waals surface area contributed by atoms with Crippen LogP contribution in [0.2, 0.25) is 0 Å². The first-order valence-corrected chi connectivity index (χ1v) is 16.1. The van der Waals surface area contributed by atoms with E-state index in [1.54, 1.807) is 0 Å². The molecule has 46 heavy (non-hydrogen) atoms. The van der Waals surface area contributed by atoms with Gasteiger partial charge in [-0.25, -0.2) is 0 Å². The number of hydrogen-bond donors (Lipinski definition) is 1. The Morgan fingerprint density at radius 2 is 1.15 bits per heavy atom. The van der Waals surface area contributed by atoms with Crippen LogP contribution in [0, 0.1) is 11.3 Å². The molecule has 1 aliphatic heterocycles. The summed E-state index contributed by atoms with van der Waals surface area (Å²) in [5.41, 5.74) is 23.6. The minimum atomic E-state index is -0.628. The van der Waals surface area contributed by atoms with E-state index in [2.05, 4.69) is 146 Å². The lowest BCUT2D eigenvalue weighted by atomic mass is 9.65. The van der Waals surface area contributed by atoms with Crippen molar-refractivity contribution < 1.29 is 0 Å². The number of nitrogens with zero attached hydrogens (tertiary/aromatic N) is 2. The Morgan fingerprint density at radius 1 is 0.609 bits per heavy atom. The van der Waals surface area contributed by atoms with E-state index in [0.717, 1.165) is 29.7 Å². The van der Waals surface area contributed by atoms with Gasteiger partial charge in [-0.05, 0) is 105 Å². The second-order valence-electron chi connectivity index (χ2n) is 13.4. The molecule has 9 rings (SSSR count). The number of para-hydroxylation sites is 2. The molecule has 0 saturated heterocycles. The third-order valence-corrected chi connectivity index (χ3v) is 10.8. The largest absolute Gasteiger partial charge is 0.398 e. The summed E-state index contributed by atoms with van der Waals surface area (Å²) in [6.07, 6.45) is 1.68. The van der Waals surface area contributed by atoms with Crippen LogP contribution in [0.5, 0.6) is 0 Å². The highest BCUT2D eigenvalue weighted by atomic mass is 15.2. The summed E-state index contributed by atoms with van der Waals surface area (Å²) in [6.45, 7) is 4.66. The molecule has 220 valence electrons. The number of nitrogen functional groups attached to an aromatic ring is 1. The van der Waals surface area contributed by atoms with Crippen LogP contribution in [0.3, 0.4) is 0 Å². The minimum Gasteiger partial charge on any atom is -0.398 e. The average molecular weight is 592 g/mol. The van der Waals surface area contributed by atoms with E-state index in [9.17, 15) is 5.26 Å². The van der Waals surface area contributed by atoms with Gasteiger partial charge < -0.3 is 10.6 Å². The third-order valence-electron chi connectivity index (χ3n) is 10.8. The fourth-order valence-electron chi connectivity index (χ4n) is 8.86. The molecule has 6 aromatic carbocycles. The molecule has 0 aromatic heterocycles. The zero-order valence-corrected chi connectivity index (χ0v) is 26.0. The molecule has 0 bridgehead atoms. The van der Waals surface area contributed by atoms with Crippen molar-refractivity contribution in [2.45, 2.75) is 37.5 Å². The summed E-state index contributed by atoms with van der Waals surface area (Å²) in [7, 11) is 0. The summed E-state index contributed by atoms with van der Waals surface area (Å²) >= 11 is 0. The van der Waals surface area contributed by atoms with Gasteiger partial charge >= 0.3 is 0 Å². The fourth-order valence-corrected chi connectivity index (χ4v) is 8.86. The molecule has 0 fully saturated rings. The monoisotopic (exact) mass is 591 g/mol. The van der Waals surface area contributed by atoms with Crippen LogP contribution in [-0.4, -0.2) is 0 Å². The SMILES string of the molecule is CC1(C)c2ccccc2N(c2ccc3c(c2)C2(c4ccccc4-c4ccccc42)c2c(N)cc(C#N)cc2CC3)c2ccccc21. The zero-order chi connectivity index (χ0) is 31.2. The smallest absolute Gasteiger partial charge is 0.0992 e. The van der Waals surface area contributed by atoms with E-state index in [-0.39, 0.29) is 5.41 Å². The lowest BCUT2D eigenvalue weighted by Gasteiger charge is -2.42. The molecule has 3 nitrogen and oxygen atoms in total. The van der Waals surface area contributed by atoms with Crippen molar-refractivity contribution in [2.75, 3.05) is 10.6 Å². The third kappa shape index (κ3) is 3.36. The number of fused-ring (bicyclic) bond motifs is 11. The van der Waals surface area contributed by atoms with Crippen molar-refractivity contribution >= 4 is 22.7 Å². The first-order valence-electron chi connectivity index (χ1n) is 16.1. The minimum absolute atomic E-state index is 0.133. The Kier molecular flexibility index (Phi) is 5.51. The second kappa shape index (κ2) is 9.46. The van der Waals surface area contributed by atoms with Crippen LogP contribution in [-0.2, 0) is 23.7 Å². The van der Waals surface area contributed by atoms with Crippen LogP contribution in [0.4, 0.5) is 22.7 Å². The number of nitriles is 1. The molecule has 3 aliphatic rings. The number of anilines is 4. The molecule has 0 radical (unpaired) electrons. The van der Waals surface area contributed by atoms with Crippen molar-refractivity contribution in [2.24, 2.45) is 0 Å². The van der Waals surface area contributed by atoms with Crippen molar-refractivity contribution in [3.05, 3.63) is 177 Å². The normalized spacial score (nSPS) is 15.8. The van der Waals surface area contributed by atoms with Gasteiger partial charge in [0.2, 0.25) is 0 Å². The second-order valence-corrected chi connectivity index (χ2v) is 13.4. The summed E-state index contributed by atoms with van der Waals surface area (Å²) in [4.78, 5) is 2.45. The molecule has 2 N–H and O–H groups in total. The highest BCUT2D eigenvalue weighted by Crippen LogP contribution is 2.61. The van der Waals surface area contributed by atoms with Crippen LogP contribution in [0.15, 0.2) is 127 Å². The maximum absolute atomic E-state index is 9.95. The summed E-state index contributed by atoms with van der Waals surface area (Å²) in [6, 6.07) is 48.7. The Labute approximate surface area is 270 Å². The standard InChI is InChI=1S/C43H33N3/c1-42(2)35-15-7-9-17-39(35)46(40-18-10-8-16-36(40)42)30-22-21-28-19-20-29-23-27(26-44)24-38(45)41(29)43(37(28)25-30)33-13-5-3-11-31(33)32-12-4-6-14-34(32)43/h3-18,21-25H,19-20,45H2,1-2H3. The van der Waals surface area contributed by atoms with Gasteiger partial charge in [0.15, 0.2) is 0 Å². The Balaban J connectivity index is 1.40. The van der Waals surface area contributed by atoms with Gasteiger partial charge in [-0.2, -0.15) is 5.26 Å². The molecule has 0 atom stereocenters. The molecule has 0 saturated carbocycles. The molecule has 6 aromatic rings. The zero-order valence-electron chi connectivity index (χ0n) is 26.0. The van der Waals surface area contributed by atoms with E-state index < -0.39 is 5.41 Å². The predicted octanol–water partition coefficient (Wildman–Crippen LogP) is 9.71. The van der Waals surface area contributed by atoms with Gasteiger partial charge in [-0.1, -0.05) is 105 Å². The molecule has 2 aliphatic carbocycles. The fraction of sp³-hybridized carbons (Fsp3) is 0.140. The van der Waals surface area contributed by atoms with E-state index in [1.165, 1.54) is 55.9 Å². The summed E-state index contributed by atoms with van der Waals surface area (Å²) in [5.74, 6) is 0. The summed E-state index contributed by atoms with van der Waals surface area (Å²) in [5, 5.41) is 9.95. The first-order chi connectivity index (χ1) is 22.4. The van der Waals surface area contributed by atoms with Crippen molar-refractivity contribution in [1.82, 2.24) is 0 Å². The van der Waals surface area contributed by atoms with Crippen molar-refractivity contribution in [1.29, 1.82) is 5.26 Å². The molecular weight excluding hydrogens is 558 g/mol. The van der Waals surface area contributed by atoms with Gasteiger partial charge in [0.05, 0.1) is 28.4 Å². The number of benzene rings is 6. The van der Waals surface area contributed by atoms with Gasteiger partial charge in [0.25, 0.3) is 0 Å². The van der Waals surface area contributed by atoms with Crippen LogP contribution < -0.4 is 10.6 Å². The maximum atomic E-state index is 9.95. The quantitative estimate of drug-likeness (QED) is 0.193. The average Bonchev–Trinajstić information content (AvgIpc) is 3.29. The summed E-state index contributed by atoms with van der Waals surface area (Å²) < 4.78 is 0. The lowest BCUT2D eigenvalue weighted by Crippen LogP contribution is -2.32. The molecule has 0 unspecified atom stereocenters. The number of hydrogen-bond acceptors (Lipinski definition) is 3. The van der Waals surface area contributed by atoms with Crippen LogP contribution in [0.25, 0.3) is 11.1 Å². The van der Waals surface area contributed by atoms with Crippen LogP contribution in [0.1, 0.15) is 63.9 Å². The number of nitrogens with two attached hydrogens (primary N) is 1. The van der Waals surface area contributed by atoms with Crippen molar-refractivity contribution in [3.63, 3.8) is 0 Å². The lowest BCUT2D eigenvalue weighted by molar-refractivity contribution is 0.632. The molecular formula is C43H33N3. The topological polar surface area (TPSA) is 53.0 Å². The predicted molar refractivity (Wildman–Crippen MR) is 187 cm³/mol. The van der Waals surface area contributed by atoms with E-state index >= 15 is 0 Å². The van der Waals surface area contributed by atoms with Gasteiger partial charge in [-0.3, -0.25) is 0 Å². The Hall–Kier alpha value is -5.59. The first kappa shape index (κ1) is 26.8. The Morgan fingerprint density at radius 3 is 1.76 bits per heavy atom. The van der Waals surface area contributed by atoms with E-state index in [4.69, 9.17) is 5.73 Å². The highest BCUT2D eigenvalue weighted by molar-refractivity contribution is 5.91. The maximum Gasteiger partial charge on any atom is 0.0992 e. The van der Waals surface area contributed by atoms with Crippen molar-refractivity contribution in [3.8, 4) is 17.2 Å². The Bertz CT molecular complexity index is 2190. The van der Waals surface area contributed by atoms with E-state index in [0.29, 0.717) is 11.3 Å². The number of rotatable bonds is 1. The van der Waals surface area contributed by atoms with E-state index in [1.807, 2.05) is 6.07 Å². The number of aryl methyl sites for hydroxylation is 2. The van der Waals surface area contributed by atoms with Crippen LogP contribution >= 0.6 is 0 Å². The van der Waals surface area contributed by atoms with Gasteiger partial charge in [0, 0.05) is 16.8 Å². The molecule has 1 heterocycles. The van der Waals surface area contributed by atoms with Gasteiger partial charge in [0.1, 0.15) is 0 Å². The highest BCUT2D eigenvalue weighted by Gasteiger charge is 2.50. The molecule has 0 amide bonds. The molecule has 3 heteroatoms. The van der Waals surface area contributed by atoms with Gasteiger partial charge in [-0.15, -0.1) is 0 Å².